The fourth-order valence-electron chi connectivity index (χ4n) is 2.91. The van der Waals surface area contributed by atoms with Gasteiger partial charge in [-0.05, 0) is 36.8 Å². The van der Waals surface area contributed by atoms with Crippen LogP contribution >= 0.6 is 11.6 Å². The topological polar surface area (TPSA) is 58.6 Å². The van der Waals surface area contributed by atoms with Crippen LogP contribution in [0.2, 0.25) is 5.02 Å². The Bertz CT molecular complexity index is 767. The lowest BCUT2D eigenvalue weighted by atomic mass is 10.1. The summed E-state index contributed by atoms with van der Waals surface area (Å²) in [5.41, 5.74) is 0.731. The Kier molecular flexibility index (Phi) is 6.12. The van der Waals surface area contributed by atoms with Crippen molar-refractivity contribution >= 4 is 29.1 Å². The maximum absolute atomic E-state index is 12.3. The number of carbonyl (C=O) groups is 2. The molecule has 136 valence electrons. The van der Waals surface area contributed by atoms with Crippen molar-refractivity contribution in [3.05, 3.63) is 59.6 Å². The van der Waals surface area contributed by atoms with E-state index in [9.17, 15) is 9.59 Å². The molecule has 0 aromatic heterocycles. The first-order valence-corrected chi connectivity index (χ1v) is 9.03. The number of ether oxygens (including phenoxy) is 1. The number of hydrogen-bond acceptors (Lipinski definition) is 3. The summed E-state index contributed by atoms with van der Waals surface area (Å²) >= 11 is 5.98. The summed E-state index contributed by atoms with van der Waals surface area (Å²) < 4.78 is 5.59. The van der Waals surface area contributed by atoms with Gasteiger partial charge in [0.25, 0.3) is 0 Å². The summed E-state index contributed by atoms with van der Waals surface area (Å²) in [6, 6.07) is 16.7. The third-order valence-electron chi connectivity index (χ3n) is 4.25. The normalized spacial score (nSPS) is 16.6. The van der Waals surface area contributed by atoms with Gasteiger partial charge in [-0.25, -0.2) is 0 Å². The number of halogens is 1. The average molecular weight is 373 g/mol. The first-order chi connectivity index (χ1) is 12.6. The average Bonchev–Trinajstić information content (AvgIpc) is 3.04. The second-order valence-corrected chi connectivity index (χ2v) is 6.63. The Morgan fingerprint density at radius 2 is 2.00 bits per heavy atom. The molecule has 6 heteroatoms. The quantitative estimate of drug-likeness (QED) is 0.759. The zero-order valence-corrected chi connectivity index (χ0v) is 15.1. The fourth-order valence-corrected chi connectivity index (χ4v) is 3.10. The van der Waals surface area contributed by atoms with E-state index in [1.165, 1.54) is 0 Å². The van der Waals surface area contributed by atoms with Crippen LogP contribution in [0.1, 0.15) is 12.8 Å². The molecule has 2 aromatic carbocycles. The van der Waals surface area contributed by atoms with E-state index in [-0.39, 0.29) is 24.2 Å². The lowest BCUT2D eigenvalue weighted by Gasteiger charge is -2.17. The summed E-state index contributed by atoms with van der Waals surface area (Å²) in [5.74, 6) is 0.330. The molecule has 1 fully saturated rings. The summed E-state index contributed by atoms with van der Waals surface area (Å²) in [4.78, 5) is 26.1. The van der Waals surface area contributed by atoms with Crippen molar-refractivity contribution in [3.8, 4) is 5.75 Å². The molecular weight excluding hydrogens is 352 g/mol. The Morgan fingerprint density at radius 1 is 1.19 bits per heavy atom. The van der Waals surface area contributed by atoms with E-state index in [0.29, 0.717) is 31.1 Å². The number of rotatable bonds is 7. The van der Waals surface area contributed by atoms with Gasteiger partial charge in [-0.1, -0.05) is 35.9 Å². The van der Waals surface area contributed by atoms with Crippen LogP contribution in [0.3, 0.4) is 0 Å². The number of nitrogens with zero attached hydrogens (tertiary/aromatic N) is 1. The van der Waals surface area contributed by atoms with E-state index in [2.05, 4.69) is 5.32 Å². The summed E-state index contributed by atoms with van der Waals surface area (Å²) in [6.07, 6.45) is 0.929. The van der Waals surface area contributed by atoms with Gasteiger partial charge < -0.3 is 15.0 Å². The first kappa shape index (κ1) is 18.3. The smallest absolute Gasteiger partial charge is 0.227 e. The minimum absolute atomic E-state index is 0.0557. The van der Waals surface area contributed by atoms with Gasteiger partial charge in [0, 0.05) is 30.2 Å². The Labute approximate surface area is 157 Å². The molecule has 0 bridgehead atoms. The molecule has 1 saturated heterocycles. The molecule has 1 aliphatic rings. The molecule has 0 aliphatic carbocycles. The van der Waals surface area contributed by atoms with E-state index in [0.717, 1.165) is 11.4 Å². The zero-order chi connectivity index (χ0) is 18.4. The van der Waals surface area contributed by atoms with Gasteiger partial charge in [-0.3, -0.25) is 9.59 Å². The monoisotopic (exact) mass is 372 g/mol. The van der Waals surface area contributed by atoms with Crippen LogP contribution in [0.15, 0.2) is 54.6 Å². The molecule has 2 amide bonds. The molecule has 2 aromatic rings. The van der Waals surface area contributed by atoms with Gasteiger partial charge in [-0.15, -0.1) is 0 Å². The molecule has 5 nitrogen and oxygen atoms in total. The molecule has 1 N–H and O–H groups in total. The van der Waals surface area contributed by atoms with Crippen LogP contribution in [-0.4, -0.2) is 31.5 Å². The molecule has 0 saturated carbocycles. The molecular formula is C20H21ClN2O3. The maximum atomic E-state index is 12.3. The van der Waals surface area contributed by atoms with Crippen LogP contribution in [0.4, 0.5) is 5.69 Å². The van der Waals surface area contributed by atoms with Gasteiger partial charge >= 0.3 is 0 Å². The molecule has 1 atom stereocenters. The Morgan fingerprint density at radius 3 is 2.77 bits per heavy atom. The van der Waals surface area contributed by atoms with Crippen LogP contribution in [0.25, 0.3) is 0 Å². The summed E-state index contributed by atoms with van der Waals surface area (Å²) in [7, 11) is 0. The van der Waals surface area contributed by atoms with Crippen molar-refractivity contribution in [2.75, 3.05) is 24.6 Å². The minimum atomic E-state index is -0.337. The predicted molar refractivity (Wildman–Crippen MR) is 101 cm³/mol. The maximum Gasteiger partial charge on any atom is 0.227 e. The molecule has 1 unspecified atom stereocenters. The number of carbonyl (C=O) groups excluding carboxylic acids is 2. The van der Waals surface area contributed by atoms with Gasteiger partial charge in [0.15, 0.2) is 0 Å². The number of para-hydroxylation sites is 1. The van der Waals surface area contributed by atoms with E-state index >= 15 is 0 Å². The largest absolute Gasteiger partial charge is 0.494 e. The van der Waals surface area contributed by atoms with Crippen LogP contribution in [0, 0.1) is 5.92 Å². The number of amides is 2. The van der Waals surface area contributed by atoms with Gasteiger partial charge in [0.2, 0.25) is 11.8 Å². The molecule has 3 rings (SSSR count). The Hall–Kier alpha value is -2.53. The molecule has 0 radical (unpaired) electrons. The predicted octanol–water partition coefficient (Wildman–Crippen LogP) is 3.28. The molecule has 1 heterocycles. The van der Waals surface area contributed by atoms with Crippen LogP contribution in [0.5, 0.6) is 5.75 Å². The minimum Gasteiger partial charge on any atom is -0.494 e. The van der Waals surface area contributed by atoms with Crippen molar-refractivity contribution < 1.29 is 14.3 Å². The third-order valence-corrected chi connectivity index (χ3v) is 4.48. The van der Waals surface area contributed by atoms with Crippen molar-refractivity contribution in [1.82, 2.24) is 5.32 Å². The highest BCUT2D eigenvalue weighted by molar-refractivity contribution is 6.30. The third kappa shape index (κ3) is 4.76. The highest BCUT2D eigenvalue weighted by atomic mass is 35.5. The van der Waals surface area contributed by atoms with Crippen LogP contribution < -0.4 is 15.0 Å². The molecule has 26 heavy (non-hydrogen) atoms. The standard InChI is InChI=1S/C20H21ClN2O3/c21-16-6-4-7-17(13-16)23-14-15(12-19(23)24)20(25)22-10-5-11-26-18-8-2-1-3-9-18/h1-4,6-9,13,15H,5,10-12,14H2,(H,22,25). The van der Waals surface area contributed by atoms with Crippen LogP contribution in [-0.2, 0) is 9.59 Å². The fraction of sp³-hybridized carbons (Fsp3) is 0.300. The SMILES string of the molecule is O=C(NCCCOc1ccccc1)C1CC(=O)N(c2cccc(Cl)c2)C1. The number of nitrogens with one attached hydrogen (secondary N) is 1. The second kappa shape index (κ2) is 8.72. The van der Waals surface area contributed by atoms with E-state index < -0.39 is 0 Å². The van der Waals surface area contributed by atoms with Crippen molar-refractivity contribution in [2.45, 2.75) is 12.8 Å². The zero-order valence-electron chi connectivity index (χ0n) is 14.4. The lowest BCUT2D eigenvalue weighted by molar-refractivity contribution is -0.126. The van der Waals surface area contributed by atoms with Gasteiger partial charge in [0.05, 0.1) is 12.5 Å². The number of benzene rings is 2. The number of anilines is 1. The molecule has 1 aliphatic heterocycles. The second-order valence-electron chi connectivity index (χ2n) is 6.19. The Balaban J connectivity index is 1.42. The van der Waals surface area contributed by atoms with Gasteiger partial charge in [-0.2, -0.15) is 0 Å². The highest BCUT2D eigenvalue weighted by Crippen LogP contribution is 2.27. The van der Waals surface area contributed by atoms with E-state index in [1.54, 1.807) is 23.1 Å². The van der Waals surface area contributed by atoms with Crippen molar-refractivity contribution in [1.29, 1.82) is 0 Å². The van der Waals surface area contributed by atoms with E-state index in [1.807, 2.05) is 36.4 Å². The summed E-state index contributed by atoms with van der Waals surface area (Å²) in [6.45, 7) is 1.43. The number of hydrogen-bond donors (Lipinski definition) is 1. The lowest BCUT2D eigenvalue weighted by Crippen LogP contribution is -2.34. The summed E-state index contributed by atoms with van der Waals surface area (Å²) in [5, 5.41) is 3.46. The highest BCUT2D eigenvalue weighted by Gasteiger charge is 2.34. The van der Waals surface area contributed by atoms with Crippen molar-refractivity contribution in [2.24, 2.45) is 5.92 Å². The van der Waals surface area contributed by atoms with Gasteiger partial charge in [0.1, 0.15) is 5.75 Å². The first-order valence-electron chi connectivity index (χ1n) is 8.65. The van der Waals surface area contributed by atoms with Crippen molar-refractivity contribution in [3.63, 3.8) is 0 Å². The van der Waals surface area contributed by atoms with E-state index in [4.69, 9.17) is 16.3 Å². The molecule has 0 spiro atoms.